The Morgan fingerprint density at radius 3 is 2.81 bits per heavy atom. The molecule has 1 fully saturated rings. The van der Waals surface area contributed by atoms with Crippen molar-refractivity contribution < 1.29 is 5.11 Å². The fourth-order valence-electron chi connectivity index (χ4n) is 3.39. The van der Waals surface area contributed by atoms with Crippen LogP contribution in [0.5, 0.6) is 0 Å². The molecule has 1 aliphatic carbocycles. The molecule has 1 aliphatic rings. The predicted octanol–water partition coefficient (Wildman–Crippen LogP) is 2.63. The van der Waals surface area contributed by atoms with E-state index in [1.807, 2.05) is 24.9 Å². The minimum absolute atomic E-state index is 0.0389. The first-order valence-electron chi connectivity index (χ1n) is 7.78. The number of aryl methyl sites for hydroxylation is 2. The fourth-order valence-corrected chi connectivity index (χ4v) is 3.39. The summed E-state index contributed by atoms with van der Waals surface area (Å²) in [5.74, 6) is 0. The summed E-state index contributed by atoms with van der Waals surface area (Å²) in [7, 11) is 1.91. The highest BCUT2D eigenvalue weighted by atomic mass is 16.3. The van der Waals surface area contributed by atoms with Crippen LogP contribution < -0.4 is 5.32 Å². The average molecular weight is 288 g/mol. The van der Waals surface area contributed by atoms with Crippen LogP contribution in [0.15, 0.2) is 12.3 Å². The Morgan fingerprint density at radius 2 is 2.10 bits per heavy atom. The summed E-state index contributed by atoms with van der Waals surface area (Å²) in [4.78, 5) is 4.49. The molecule has 0 atom stereocenters. The van der Waals surface area contributed by atoms with E-state index in [2.05, 4.69) is 21.5 Å². The molecular formula is C16H24N4O. The molecule has 5 heteroatoms. The highest BCUT2D eigenvalue weighted by Crippen LogP contribution is 2.36. The number of fused-ring (bicyclic) bond motifs is 1. The quantitative estimate of drug-likeness (QED) is 0.908. The first kappa shape index (κ1) is 14.3. The lowest BCUT2D eigenvalue weighted by Crippen LogP contribution is -2.35. The van der Waals surface area contributed by atoms with Crippen LogP contribution in [0.1, 0.15) is 37.8 Å². The second-order valence-corrected chi connectivity index (χ2v) is 6.38. The topological polar surface area (TPSA) is 63.0 Å². The molecule has 0 amide bonds. The number of nitrogens with zero attached hydrogens (tertiary/aromatic N) is 3. The zero-order valence-electron chi connectivity index (χ0n) is 12.9. The van der Waals surface area contributed by atoms with Crippen LogP contribution in [0, 0.1) is 12.3 Å². The van der Waals surface area contributed by atoms with E-state index in [1.165, 1.54) is 19.3 Å². The van der Waals surface area contributed by atoms with Gasteiger partial charge in [-0.2, -0.15) is 5.10 Å². The number of anilines is 1. The number of hydrogen-bond acceptors (Lipinski definition) is 4. The van der Waals surface area contributed by atoms with Crippen molar-refractivity contribution >= 4 is 16.7 Å². The molecule has 1 saturated carbocycles. The van der Waals surface area contributed by atoms with Gasteiger partial charge in [0.25, 0.3) is 0 Å². The summed E-state index contributed by atoms with van der Waals surface area (Å²) in [5, 5.41) is 18.7. The Bertz CT molecular complexity index is 628. The first-order valence-corrected chi connectivity index (χ1v) is 7.78. The fraction of sp³-hybridized carbons (Fsp3) is 0.625. The van der Waals surface area contributed by atoms with Gasteiger partial charge < -0.3 is 10.4 Å². The van der Waals surface area contributed by atoms with Crippen LogP contribution in [0.4, 0.5) is 5.69 Å². The van der Waals surface area contributed by atoms with Crippen LogP contribution in [-0.2, 0) is 7.05 Å². The molecule has 2 aromatic heterocycles. The van der Waals surface area contributed by atoms with Gasteiger partial charge in [-0.05, 0) is 25.8 Å². The third kappa shape index (κ3) is 2.75. The minimum Gasteiger partial charge on any atom is -0.396 e. The van der Waals surface area contributed by atoms with E-state index in [-0.39, 0.29) is 12.0 Å². The summed E-state index contributed by atoms with van der Waals surface area (Å²) in [6.45, 7) is 3.09. The maximum absolute atomic E-state index is 9.77. The van der Waals surface area contributed by atoms with E-state index in [0.29, 0.717) is 0 Å². The summed E-state index contributed by atoms with van der Waals surface area (Å²) >= 11 is 0. The highest BCUT2D eigenvalue weighted by molar-refractivity contribution is 5.81. The number of aliphatic hydroxyl groups is 1. The van der Waals surface area contributed by atoms with Crippen molar-refractivity contribution in [1.82, 2.24) is 14.8 Å². The number of pyridine rings is 1. The SMILES string of the molecule is Cc1nn(C)c2ncc(NCC3(CO)CCCCC3)cc12. The Balaban J connectivity index is 1.77. The molecule has 114 valence electrons. The average Bonchev–Trinajstić information content (AvgIpc) is 2.81. The molecule has 21 heavy (non-hydrogen) atoms. The maximum atomic E-state index is 9.77. The van der Waals surface area contributed by atoms with Crippen LogP contribution in [0.2, 0.25) is 0 Å². The standard InChI is InChI=1S/C16H24N4O/c1-12-14-8-13(9-17-15(14)20(2)19-12)18-10-16(11-21)6-4-3-5-7-16/h8-9,18,21H,3-7,10-11H2,1-2H3. The van der Waals surface area contributed by atoms with Crippen molar-refractivity contribution in [2.45, 2.75) is 39.0 Å². The van der Waals surface area contributed by atoms with Crippen molar-refractivity contribution in [3.8, 4) is 0 Å². The van der Waals surface area contributed by atoms with E-state index in [0.717, 1.165) is 41.8 Å². The van der Waals surface area contributed by atoms with E-state index < -0.39 is 0 Å². The monoisotopic (exact) mass is 288 g/mol. The first-order chi connectivity index (χ1) is 10.1. The molecule has 3 rings (SSSR count). The number of aliphatic hydroxyl groups excluding tert-OH is 1. The molecule has 0 unspecified atom stereocenters. The van der Waals surface area contributed by atoms with Crippen LogP contribution >= 0.6 is 0 Å². The van der Waals surface area contributed by atoms with Gasteiger partial charge in [-0.1, -0.05) is 19.3 Å². The molecule has 0 aromatic carbocycles. The second-order valence-electron chi connectivity index (χ2n) is 6.38. The highest BCUT2D eigenvalue weighted by Gasteiger charge is 2.31. The third-order valence-electron chi connectivity index (χ3n) is 4.78. The molecule has 0 bridgehead atoms. The van der Waals surface area contributed by atoms with Gasteiger partial charge in [0, 0.05) is 24.4 Å². The molecule has 0 saturated heterocycles. The maximum Gasteiger partial charge on any atom is 0.157 e. The molecule has 2 heterocycles. The van der Waals surface area contributed by atoms with Gasteiger partial charge >= 0.3 is 0 Å². The number of nitrogens with one attached hydrogen (secondary N) is 1. The predicted molar refractivity (Wildman–Crippen MR) is 84.3 cm³/mol. The van der Waals surface area contributed by atoms with Crippen molar-refractivity contribution in [1.29, 1.82) is 0 Å². The van der Waals surface area contributed by atoms with Crippen LogP contribution in [-0.4, -0.2) is 33.0 Å². The molecule has 0 spiro atoms. The minimum atomic E-state index is 0.0389. The molecule has 5 nitrogen and oxygen atoms in total. The van der Waals surface area contributed by atoms with E-state index in [1.54, 1.807) is 0 Å². The smallest absolute Gasteiger partial charge is 0.157 e. The van der Waals surface area contributed by atoms with E-state index in [4.69, 9.17) is 0 Å². The van der Waals surface area contributed by atoms with Crippen molar-refractivity contribution in [2.24, 2.45) is 12.5 Å². The normalized spacial score (nSPS) is 18.0. The summed E-state index contributed by atoms with van der Waals surface area (Å²) in [6, 6.07) is 2.11. The Morgan fingerprint density at radius 1 is 1.33 bits per heavy atom. The number of hydrogen-bond donors (Lipinski definition) is 2. The number of rotatable bonds is 4. The van der Waals surface area contributed by atoms with Gasteiger partial charge in [0.05, 0.1) is 24.2 Å². The molecular weight excluding hydrogens is 264 g/mol. The molecule has 0 radical (unpaired) electrons. The van der Waals surface area contributed by atoms with Crippen LogP contribution in [0.3, 0.4) is 0 Å². The van der Waals surface area contributed by atoms with Gasteiger partial charge in [0.1, 0.15) is 0 Å². The zero-order chi connectivity index (χ0) is 14.9. The van der Waals surface area contributed by atoms with Crippen molar-refractivity contribution in [3.63, 3.8) is 0 Å². The van der Waals surface area contributed by atoms with E-state index >= 15 is 0 Å². The largest absolute Gasteiger partial charge is 0.396 e. The lowest BCUT2D eigenvalue weighted by Gasteiger charge is -2.36. The van der Waals surface area contributed by atoms with Crippen molar-refractivity contribution in [2.75, 3.05) is 18.5 Å². The molecule has 2 aromatic rings. The Labute approximate surface area is 125 Å². The lowest BCUT2D eigenvalue weighted by molar-refractivity contribution is 0.0944. The van der Waals surface area contributed by atoms with Gasteiger partial charge in [0.15, 0.2) is 5.65 Å². The van der Waals surface area contributed by atoms with Gasteiger partial charge in [-0.3, -0.25) is 4.68 Å². The van der Waals surface area contributed by atoms with Crippen molar-refractivity contribution in [3.05, 3.63) is 18.0 Å². The third-order valence-corrected chi connectivity index (χ3v) is 4.78. The molecule has 0 aliphatic heterocycles. The summed E-state index contributed by atoms with van der Waals surface area (Å²) in [6.07, 6.45) is 7.82. The Hall–Kier alpha value is -1.62. The van der Waals surface area contributed by atoms with Gasteiger partial charge in [0.2, 0.25) is 0 Å². The van der Waals surface area contributed by atoms with Crippen LogP contribution in [0.25, 0.3) is 11.0 Å². The van der Waals surface area contributed by atoms with Gasteiger partial charge in [-0.15, -0.1) is 0 Å². The van der Waals surface area contributed by atoms with Gasteiger partial charge in [-0.25, -0.2) is 4.98 Å². The second kappa shape index (κ2) is 5.64. The summed E-state index contributed by atoms with van der Waals surface area (Å²) in [5.41, 5.74) is 2.96. The molecule has 2 N–H and O–H groups in total. The summed E-state index contributed by atoms with van der Waals surface area (Å²) < 4.78 is 1.81. The Kier molecular flexibility index (Phi) is 3.85. The van der Waals surface area contributed by atoms with E-state index in [9.17, 15) is 5.11 Å². The lowest BCUT2D eigenvalue weighted by atomic mass is 9.74. The number of aromatic nitrogens is 3. The zero-order valence-corrected chi connectivity index (χ0v) is 12.9.